The number of rotatable bonds is 6. The zero-order valence-electron chi connectivity index (χ0n) is 11.6. The minimum Gasteiger partial charge on any atom is -0.298 e. The van der Waals surface area contributed by atoms with Crippen LogP contribution in [0.2, 0.25) is 0 Å². The smallest absolute Gasteiger partial charge is 0.150 e. The molecule has 0 radical (unpaired) electrons. The van der Waals surface area contributed by atoms with E-state index in [1.54, 1.807) is 11.8 Å². The molecular formula is C15H17BrN2OS. The monoisotopic (exact) mass is 352 g/mol. The number of thioether (sulfide) groups is 1. The zero-order chi connectivity index (χ0) is 14.5. The fourth-order valence-electron chi connectivity index (χ4n) is 1.98. The van der Waals surface area contributed by atoms with Gasteiger partial charge in [-0.1, -0.05) is 19.1 Å². The Balaban J connectivity index is 2.17. The predicted octanol–water partition coefficient (Wildman–Crippen LogP) is 4.33. The molecule has 0 fully saturated rings. The van der Waals surface area contributed by atoms with Crippen molar-refractivity contribution in [2.24, 2.45) is 0 Å². The van der Waals surface area contributed by atoms with Crippen molar-refractivity contribution in [3.05, 3.63) is 45.7 Å². The molecule has 1 aromatic heterocycles. The molecule has 2 rings (SSSR count). The van der Waals surface area contributed by atoms with Gasteiger partial charge in [0.1, 0.15) is 6.29 Å². The van der Waals surface area contributed by atoms with Crippen LogP contribution in [0.1, 0.15) is 35.6 Å². The molecule has 0 saturated heterocycles. The van der Waals surface area contributed by atoms with E-state index in [1.807, 2.05) is 28.9 Å². The van der Waals surface area contributed by atoms with Gasteiger partial charge in [0.15, 0.2) is 0 Å². The maximum Gasteiger partial charge on any atom is 0.150 e. The highest BCUT2D eigenvalue weighted by molar-refractivity contribution is 9.10. The molecule has 5 heteroatoms. The van der Waals surface area contributed by atoms with Gasteiger partial charge in [-0.15, -0.1) is 11.8 Å². The topological polar surface area (TPSA) is 34.9 Å². The molecule has 20 heavy (non-hydrogen) atoms. The molecule has 0 amide bonds. The summed E-state index contributed by atoms with van der Waals surface area (Å²) >= 11 is 5.37. The number of aryl methyl sites for hydroxylation is 2. The first-order valence-corrected chi connectivity index (χ1v) is 8.39. The van der Waals surface area contributed by atoms with Crippen LogP contribution in [-0.4, -0.2) is 16.1 Å². The van der Waals surface area contributed by atoms with E-state index in [-0.39, 0.29) is 0 Å². The van der Waals surface area contributed by atoms with Crippen LogP contribution in [0.15, 0.2) is 33.6 Å². The van der Waals surface area contributed by atoms with E-state index < -0.39 is 0 Å². The minimum absolute atomic E-state index is 0.715. The number of carbonyl (C=O) groups is 1. The third kappa shape index (κ3) is 3.33. The maximum atomic E-state index is 10.8. The van der Waals surface area contributed by atoms with Crippen molar-refractivity contribution in [2.75, 3.05) is 0 Å². The number of carbonyl (C=O) groups excluding carboxylic acids is 1. The molecule has 0 aliphatic carbocycles. The average molecular weight is 353 g/mol. The first kappa shape index (κ1) is 15.3. The Morgan fingerprint density at radius 1 is 1.40 bits per heavy atom. The van der Waals surface area contributed by atoms with Crippen molar-refractivity contribution in [3.63, 3.8) is 0 Å². The third-order valence-corrected chi connectivity index (χ3v) is 4.98. The van der Waals surface area contributed by atoms with E-state index in [0.29, 0.717) is 5.56 Å². The van der Waals surface area contributed by atoms with Crippen molar-refractivity contribution in [2.45, 2.75) is 37.5 Å². The Morgan fingerprint density at radius 3 is 2.85 bits per heavy atom. The van der Waals surface area contributed by atoms with Gasteiger partial charge < -0.3 is 0 Å². The summed E-state index contributed by atoms with van der Waals surface area (Å²) in [7, 11) is 0. The number of halogens is 1. The summed E-state index contributed by atoms with van der Waals surface area (Å²) in [6, 6.07) is 7.67. The lowest BCUT2D eigenvalue weighted by molar-refractivity contribution is 0.112. The van der Waals surface area contributed by atoms with E-state index in [2.05, 4.69) is 34.9 Å². The summed E-state index contributed by atoms with van der Waals surface area (Å²) in [4.78, 5) is 11.9. The lowest BCUT2D eigenvalue weighted by atomic mass is 10.2. The van der Waals surface area contributed by atoms with Gasteiger partial charge in [-0.05, 0) is 41.4 Å². The van der Waals surface area contributed by atoms with Gasteiger partial charge in [0.05, 0.1) is 15.9 Å². The van der Waals surface area contributed by atoms with Crippen molar-refractivity contribution in [3.8, 4) is 0 Å². The standard InChI is InChI=1S/C15H17BrN2OS/c1-3-13-15(16)14(18(4-2)17-13)10-20-12-7-5-6-11(8-12)9-19/h5-9H,3-4,10H2,1-2H3. The summed E-state index contributed by atoms with van der Waals surface area (Å²) in [6.07, 6.45) is 1.80. The van der Waals surface area contributed by atoms with Gasteiger partial charge in [0, 0.05) is 22.8 Å². The molecular weight excluding hydrogens is 336 g/mol. The molecule has 0 saturated carbocycles. The van der Waals surface area contributed by atoms with E-state index in [9.17, 15) is 4.79 Å². The molecule has 1 aromatic carbocycles. The van der Waals surface area contributed by atoms with Gasteiger partial charge >= 0.3 is 0 Å². The summed E-state index contributed by atoms with van der Waals surface area (Å²) in [5.41, 5.74) is 3.02. The molecule has 0 aliphatic heterocycles. The summed E-state index contributed by atoms with van der Waals surface area (Å²) in [5, 5.41) is 4.59. The van der Waals surface area contributed by atoms with E-state index in [1.165, 1.54) is 5.69 Å². The van der Waals surface area contributed by atoms with Crippen molar-refractivity contribution in [1.82, 2.24) is 9.78 Å². The second-order valence-electron chi connectivity index (χ2n) is 4.36. The van der Waals surface area contributed by atoms with Crippen LogP contribution >= 0.6 is 27.7 Å². The number of hydrogen-bond donors (Lipinski definition) is 0. The van der Waals surface area contributed by atoms with E-state index >= 15 is 0 Å². The van der Waals surface area contributed by atoms with Gasteiger partial charge in [0.25, 0.3) is 0 Å². The Bertz CT molecular complexity index is 610. The maximum absolute atomic E-state index is 10.8. The van der Waals surface area contributed by atoms with Gasteiger partial charge in [0.2, 0.25) is 0 Å². The average Bonchev–Trinajstić information content (AvgIpc) is 2.81. The van der Waals surface area contributed by atoms with Crippen LogP contribution in [0.3, 0.4) is 0 Å². The fraction of sp³-hybridized carbons (Fsp3) is 0.333. The van der Waals surface area contributed by atoms with E-state index in [0.717, 1.165) is 40.1 Å². The molecule has 0 unspecified atom stereocenters. The quantitative estimate of drug-likeness (QED) is 0.573. The van der Waals surface area contributed by atoms with Crippen LogP contribution in [-0.2, 0) is 18.7 Å². The van der Waals surface area contributed by atoms with E-state index in [4.69, 9.17) is 0 Å². The van der Waals surface area contributed by atoms with Crippen molar-refractivity contribution in [1.29, 1.82) is 0 Å². The minimum atomic E-state index is 0.715. The molecule has 0 spiro atoms. The largest absolute Gasteiger partial charge is 0.298 e. The number of aromatic nitrogens is 2. The van der Waals surface area contributed by atoms with Crippen LogP contribution in [0.4, 0.5) is 0 Å². The van der Waals surface area contributed by atoms with Crippen LogP contribution in [0.25, 0.3) is 0 Å². The Hall–Kier alpha value is -1.07. The number of benzene rings is 1. The number of aldehydes is 1. The zero-order valence-corrected chi connectivity index (χ0v) is 14.0. The highest BCUT2D eigenvalue weighted by atomic mass is 79.9. The second-order valence-corrected chi connectivity index (χ2v) is 6.20. The van der Waals surface area contributed by atoms with Crippen LogP contribution in [0, 0.1) is 0 Å². The molecule has 0 aliphatic rings. The molecule has 0 N–H and O–H groups in total. The summed E-state index contributed by atoms with van der Waals surface area (Å²) in [5.74, 6) is 0.837. The number of nitrogens with zero attached hydrogens (tertiary/aromatic N) is 2. The van der Waals surface area contributed by atoms with Gasteiger partial charge in [-0.25, -0.2) is 0 Å². The molecule has 0 bridgehead atoms. The first-order chi connectivity index (χ1) is 9.69. The Morgan fingerprint density at radius 2 is 2.20 bits per heavy atom. The molecule has 2 aromatic rings. The van der Waals surface area contributed by atoms with Gasteiger partial charge in [-0.2, -0.15) is 5.10 Å². The third-order valence-electron chi connectivity index (χ3n) is 3.06. The Kier molecular flexibility index (Phi) is 5.43. The molecule has 106 valence electrons. The molecule has 1 heterocycles. The predicted molar refractivity (Wildman–Crippen MR) is 86.4 cm³/mol. The molecule has 3 nitrogen and oxygen atoms in total. The molecule has 0 atom stereocenters. The van der Waals surface area contributed by atoms with Crippen molar-refractivity contribution < 1.29 is 4.79 Å². The fourth-order valence-corrected chi connectivity index (χ4v) is 3.87. The number of hydrogen-bond acceptors (Lipinski definition) is 3. The first-order valence-electron chi connectivity index (χ1n) is 6.61. The van der Waals surface area contributed by atoms with Gasteiger partial charge in [-0.3, -0.25) is 9.48 Å². The summed E-state index contributed by atoms with van der Waals surface area (Å²) in [6.45, 7) is 5.07. The highest BCUT2D eigenvalue weighted by Gasteiger charge is 2.13. The SMILES string of the molecule is CCc1nn(CC)c(CSc2cccc(C=O)c2)c1Br. The van der Waals surface area contributed by atoms with Crippen LogP contribution in [0.5, 0.6) is 0 Å². The summed E-state index contributed by atoms with van der Waals surface area (Å²) < 4.78 is 3.15. The Labute approximate surface area is 131 Å². The lowest BCUT2D eigenvalue weighted by Gasteiger charge is -2.06. The van der Waals surface area contributed by atoms with Crippen LogP contribution < -0.4 is 0 Å². The normalized spacial score (nSPS) is 10.8. The van der Waals surface area contributed by atoms with Crippen molar-refractivity contribution >= 4 is 34.0 Å². The highest BCUT2D eigenvalue weighted by Crippen LogP contribution is 2.29. The lowest BCUT2D eigenvalue weighted by Crippen LogP contribution is -2.01. The second kappa shape index (κ2) is 7.09.